The highest BCUT2D eigenvalue weighted by Crippen LogP contribution is 2.35. The second kappa shape index (κ2) is 13.4. The van der Waals surface area contributed by atoms with Crippen LogP contribution < -0.4 is 14.8 Å². The molecule has 10 heteroatoms. The van der Waals surface area contributed by atoms with Gasteiger partial charge in [0.25, 0.3) is 5.91 Å². The highest BCUT2D eigenvalue weighted by molar-refractivity contribution is 9.10. The summed E-state index contributed by atoms with van der Waals surface area (Å²) in [5.41, 5.74) is 3.50. The lowest BCUT2D eigenvalue weighted by atomic mass is 10.0. The Labute approximate surface area is 228 Å². The number of carbonyl (C=O) groups is 2. The molecule has 1 atom stereocenters. The zero-order valence-electron chi connectivity index (χ0n) is 20.4. The van der Waals surface area contributed by atoms with E-state index in [-0.39, 0.29) is 30.7 Å². The maximum atomic E-state index is 12.1. The molecule has 8 nitrogen and oxygen atoms in total. The largest absolute Gasteiger partial charge is 0.487 e. The lowest BCUT2D eigenvalue weighted by Gasteiger charge is -2.18. The average molecular weight is 592 g/mol. The number of ether oxygens (including phenoxy) is 2. The van der Waals surface area contributed by atoms with Gasteiger partial charge >= 0.3 is 5.97 Å². The van der Waals surface area contributed by atoms with Gasteiger partial charge in [0.2, 0.25) is 0 Å². The molecule has 0 saturated carbocycles. The second-order valence-electron chi connectivity index (χ2n) is 8.35. The number of aliphatic hydroxyl groups excluding tert-OH is 1. The van der Waals surface area contributed by atoms with Crippen molar-refractivity contribution in [3.63, 3.8) is 0 Å². The van der Waals surface area contributed by atoms with Crippen molar-refractivity contribution >= 4 is 39.4 Å². The smallest absolute Gasteiger partial charge is 0.323 e. The fourth-order valence-corrected chi connectivity index (χ4v) is 4.23. The third-order valence-electron chi connectivity index (χ3n) is 5.53. The molecule has 0 fully saturated rings. The Bertz CT molecular complexity index is 1240. The molecule has 37 heavy (non-hydrogen) atoms. The number of rotatable bonds is 12. The summed E-state index contributed by atoms with van der Waals surface area (Å²) < 4.78 is 12.7. The SMILES string of the molecule is CN(C)C(=O)COc1cc(OCc2cccc(-c3ccccc3)c2Br)c(Cl)cc1CNC(CO)C(=O)O. The highest BCUT2D eigenvalue weighted by atomic mass is 79.9. The molecule has 3 N–H and O–H groups in total. The number of carboxylic acid groups (broad SMARTS) is 1. The topological polar surface area (TPSA) is 108 Å². The van der Waals surface area contributed by atoms with Crippen molar-refractivity contribution in [2.75, 3.05) is 27.3 Å². The zero-order chi connectivity index (χ0) is 26.9. The number of aliphatic hydroxyl groups is 1. The van der Waals surface area contributed by atoms with Gasteiger partial charge < -0.3 is 24.6 Å². The van der Waals surface area contributed by atoms with Crippen LogP contribution in [0.4, 0.5) is 0 Å². The Morgan fingerprint density at radius 3 is 2.41 bits per heavy atom. The minimum Gasteiger partial charge on any atom is -0.487 e. The summed E-state index contributed by atoms with van der Waals surface area (Å²) in [4.78, 5) is 24.7. The lowest BCUT2D eigenvalue weighted by Crippen LogP contribution is -2.39. The molecule has 3 aromatic rings. The van der Waals surface area contributed by atoms with Crippen LogP contribution in [0.5, 0.6) is 11.5 Å². The van der Waals surface area contributed by atoms with E-state index in [1.54, 1.807) is 26.2 Å². The first-order valence-corrected chi connectivity index (χ1v) is 12.6. The van der Waals surface area contributed by atoms with Gasteiger partial charge in [-0.3, -0.25) is 14.9 Å². The van der Waals surface area contributed by atoms with E-state index in [2.05, 4.69) is 21.2 Å². The molecule has 0 spiro atoms. The maximum absolute atomic E-state index is 12.1. The second-order valence-corrected chi connectivity index (χ2v) is 9.56. The zero-order valence-corrected chi connectivity index (χ0v) is 22.8. The molecule has 1 unspecified atom stereocenters. The summed E-state index contributed by atoms with van der Waals surface area (Å²) >= 11 is 10.2. The van der Waals surface area contributed by atoms with E-state index >= 15 is 0 Å². The minimum absolute atomic E-state index is 0.0354. The maximum Gasteiger partial charge on any atom is 0.323 e. The Hall–Kier alpha value is -3.11. The summed E-state index contributed by atoms with van der Waals surface area (Å²) in [6, 6.07) is 17.9. The van der Waals surface area contributed by atoms with E-state index in [1.807, 2.05) is 48.5 Å². The third-order valence-corrected chi connectivity index (χ3v) is 6.76. The minimum atomic E-state index is -1.19. The monoisotopic (exact) mass is 590 g/mol. The summed E-state index contributed by atoms with van der Waals surface area (Å²) in [7, 11) is 3.23. The molecule has 3 rings (SSSR count). The molecule has 0 saturated heterocycles. The molecule has 196 valence electrons. The molecule has 3 aromatic carbocycles. The number of halogens is 2. The molecule has 0 aromatic heterocycles. The normalized spacial score (nSPS) is 11.6. The quantitative estimate of drug-likeness (QED) is 0.287. The van der Waals surface area contributed by atoms with Crippen LogP contribution in [0, 0.1) is 0 Å². The van der Waals surface area contributed by atoms with Crippen molar-refractivity contribution in [3.8, 4) is 22.6 Å². The number of hydrogen-bond acceptors (Lipinski definition) is 6. The molecule has 1 amide bonds. The van der Waals surface area contributed by atoms with Gasteiger partial charge in [-0.05, 0) is 33.1 Å². The number of carbonyl (C=O) groups excluding carboxylic acids is 1. The van der Waals surface area contributed by atoms with Gasteiger partial charge in [0.1, 0.15) is 24.1 Å². The van der Waals surface area contributed by atoms with Crippen molar-refractivity contribution in [2.24, 2.45) is 0 Å². The summed E-state index contributed by atoms with van der Waals surface area (Å²) in [5.74, 6) is -0.799. The van der Waals surface area contributed by atoms with Crippen molar-refractivity contribution in [3.05, 3.63) is 81.3 Å². The van der Waals surface area contributed by atoms with E-state index in [0.29, 0.717) is 17.1 Å². The number of hydrogen-bond donors (Lipinski definition) is 3. The van der Waals surface area contributed by atoms with Crippen molar-refractivity contribution in [1.29, 1.82) is 0 Å². The Balaban J connectivity index is 1.84. The fourth-order valence-electron chi connectivity index (χ4n) is 3.38. The number of likely N-dealkylation sites (N-methyl/N-ethyl adjacent to an activating group) is 1. The number of carboxylic acids is 1. The Kier molecular flexibility index (Phi) is 10.3. The number of amides is 1. The van der Waals surface area contributed by atoms with Gasteiger partial charge in [-0.25, -0.2) is 0 Å². The summed E-state index contributed by atoms with van der Waals surface area (Å²) in [5, 5.41) is 21.5. The van der Waals surface area contributed by atoms with Crippen LogP contribution in [0.25, 0.3) is 11.1 Å². The van der Waals surface area contributed by atoms with Gasteiger partial charge in [0.05, 0.1) is 11.6 Å². The van der Waals surface area contributed by atoms with Crippen LogP contribution in [0.1, 0.15) is 11.1 Å². The predicted octanol–water partition coefficient (Wildman–Crippen LogP) is 4.35. The Morgan fingerprint density at radius 2 is 1.76 bits per heavy atom. The molecule has 0 radical (unpaired) electrons. The number of benzene rings is 3. The highest BCUT2D eigenvalue weighted by Gasteiger charge is 2.19. The molecule has 0 aliphatic rings. The van der Waals surface area contributed by atoms with Crippen LogP contribution in [-0.4, -0.2) is 60.3 Å². The molecule has 0 heterocycles. The fraction of sp³-hybridized carbons (Fsp3) is 0.259. The van der Waals surface area contributed by atoms with Crippen LogP contribution in [-0.2, 0) is 22.7 Å². The van der Waals surface area contributed by atoms with Gasteiger partial charge in [-0.2, -0.15) is 0 Å². The Morgan fingerprint density at radius 1 is 1.03 bits per heavy atom. The first kappa shape index (κ1) is 28.5. The van der Waals surface area contributed by atoms with Crippen molar-refractivity contribution < 1.29 is 29.3 Å². The predicted molar refractivity (Wildman–Crippen MR) is 145 cm³/mol. The standard InChI is InChI=1S/C27H28BrClN2O6/c1-31(2)25(33)16-37-23-12-24(21(29)11-19(23)13-30-22(14-32)27(34)35)36-15-18-9-6-10-20(26(18)28)17-7-4-3-5-8-17/h3-12,22,30,32H,13-16H2,1-2H3,(H,34,35). The molecular weight excluding hydrogens is 564 g/mol. The summed E-state index contributed by atoms with van der Waals surface area (Å²) in [6.07, 6.45) is 0. The first-order valence-electron chi connectivity index (χ1n) is 11.4. The van der Waals surface area contributed by atoms with Crippen LogP contribution >= 0.6 is 27.5 Å². The van der Waals surface area contributed by atoms with Crippen molar-refractivity contribution in [2.45, 2.75) is 19.2 Å². The number of nitrogens with one attached hydrogen (secondary N) is 1. The van der Waals surface area contributed by atoms with E-state index in [0.717, 1.165) is 21.2 Å². The molecule has 0 bridgehead atoms. The third kappa shape index (κ3) is 7.69. The van der Waals surface area contributed by atoms with Crippen LogP contribution in [0.3, 0.4) is 0 Å². The summed E-state index contributed by atoms with van der Waals surface area (Å²) in [6.45, 7) is -0.571. The number of aliphatic carboxylic acids is 1. The van der Waals surface area contributed by atoms with Gasteiger partial charge in [-0.1, -0.05) is 60.1 Å². The molecule has 0 aliphatic heterocycles. The average Bonchev–Trinajstić information content (AvgIpc) is 2.88. The van der Waals surface area contributed by atoms with E-state index in [4.69, 9.17) is 21.1 Å². The first-order chi connectivity index (χ1) is 17.7. The van der Waals surface area contributed by atoms with E-state index in [9.17, 15) is 19.8 Å². The number of nitrogens with zero attached hydrogens (tertiary/aromatic N) is 1. The van der Waals surface area contributed by atoms with Gasteiger partial charge in [-0.15, -0.1) is 0 Å². The van der Waals surface area contributed by atoms with Crippen LogP contribution in [0.15, 0.2) is 65.1 Å². The lowest BCUT2D eigenvalue weighted by molar-refractivity contribution is -0.140. The van der Waals surface area contributed by atoms with Gasteiger partial charge in [0, 0.05) is 42.3 Å². The van der Waals surface area contributed by atoms with E-state index in [1.165, 1.54) is 4.90 Å². The molecule has 0 aliphatic carbocycles. The molecular formula is C27H28BrClN2O6. The van der Waals surface area contributed by atoms with Gasteiger partial charge in [0.15, 0.2) is 6.61 Å². The van der Waals surface area contributed by atoms with E-state index < -0.39 is 18.6 Å². The van der Waals surface area contributed by atoms with Crippen LogP contribution in [0.2, 0.25) is 5.02 Å². The van der Waals surface area contributed by atoms with Crippen molar-refractivity contribution in [1.82, 2.24) is 10.2 Å².